The van der Waals surface area contributed by atoms with Crippen LogP contribution in [-0.2, 0) is 14.9 Å². The standard InChI is InChI=1S/C7H16N2O3S/c1-2-13(10,11)9-5-3-7(12-8)4-6-9/h7H,2-6,8H2,1H3. The summed E-state index contributed by atoms with van der Waals surface area (Å²) in [4.78, 5) is 4.66. The average Bonchev–Trinajstić information content (AvgIpc) is 2.18. The van der Waals surface area contributed by atoms with Crippen LogP contribution in [0.2, 0.25) is 0 Å². The van der Waals surface area contributed by atoms with Crippen molar-refractivity contribution in [2.24, 2.45) is 5.90 Å². The van der Waals surface area contributed by atoms with E-state index < -0.39 is 10.0 Å². The Balaban J connectivity index is 2.50. The summed E-state index contributed by atoms with van der Waals surface area (Å²) < 4.78 is 24.3. The van der Waals surface area contributed by atoms with Crippen molar-refractivity contribution in [1.82, 2.24) is 4.31 Å². The fraction of sp³-hybridized carbons (Fsp3) is 1.00. The maximum Gasteiger partial charge on any atom is 0.213 e. The van der Waals surface area contributed by atoms with Crippen LogP contribution in [0.25, 0.3) is 0 Å². The lowest BCUT2D eigenvalue weighted by Crippen LogP contribution is -2.42. The molecule has 13 heavy (non-hydrogen) atoms. The van der Waals surface area contributed by atoms with E-state index in [1.165, 1.54) is 4.31 Å². The molecule has 6 heteroatoms. The third kappa shape index (κ3) is 2.63. The second-order valence-corrected chi connectivity index (χ2v) is 5.39. The molecule has 1 rings (SSSR count). The number of piperidine rings is 1. The summed E-state index contributed by atoms with van der Waals surface area (Å²) in [5.41, 5.74) is 0. The largest absolute Gasteiger partial charge is 0.301 e. The minimum absolute atomic E-state index is 0.0170. The van der Waals surface area contributed by atoms with Crippen LogP contribution < -0.4 is 5.90 Å². The maximum atomic E-state index is 11.4. The van der Waals surface area contributed by atoms with Gasteiger partial charge in [-0.2, -0.15) is 0 Å². The second kappa shape index (κ2) is 4.36. The average molecular weight is 208 g/mol. The van der Waals surface area contributed by atoms with Crippen molar-refractivity contribution < 1.29 is 13.3 Å². The van der Waals surface area contributed by atoms with E-state index in [2.05, 4.69) is 4.84 Å². The summed E-state index contributed by atoms with van der Waals surface area (Å²) in [5.74, 6) is 5.19. The molecule has 1 saturated heterocycles. The molecule has 0 aromatic rings. The third-order valence-corrected chi connectivity index (χ3v) is 4.23. The Hall–Kier alpha value is -0.170. The summed E-state index contributed by atoms with van der Waals surface area (Å²) in [5, 5.41) is 0. The summed E-state index contributed by atoms with van der Waals surface area (Å²) in [7, 11) is -3.02. The van der Waals surface area contributed by atoms with Gasteiger partial charge in [0.15, 0.2) is 0 Å². The van der Waals surface area contributed by atoms with Crippen molar-refractivity contribution in [3.8, 4) is 0 Å². The van der Waals surface area contributed by atoms with Gasteiger partial charge in [-0.25, -0.2) is 18.6 Å². The smallest absolute Gasteiger partial charge is 0.213 e. The molecule has 0 unspecified atom stereocenters. The highest BCUT2D eigenvalue weighted by molar-refractivity contribution is 7.89. The fourth-order valence-electron chi connectivity index (χ4n) is 1.43. The van der Waals surface area contributed by atoms with E-state index in [1.54, 1.807) is 6.92 Å². The van der Waals surface area contributed by atoms with Crippen LogP contribution in [0.5, 0.6) is 0 Å². The maximum absolute atomic E-state index is 11.4. The molecule has 1 aliphatic heterocycles. The molecule has 1 heterocycles. The highest BCUT2D eigenvalue weighted by Gasteiger charge is 2.26. The monoisotopic (exact) mass is 208 g/mol. The SMILES string of the molecule is CCS(=O)(=O)N1CCC(ON)CC1. The molecule has 2 N–H and O–H groups in total. The van der Waals surface area contributed by atoms with Gasteiger partial charge in [-0.05, 0) is 19.8 Å². The van der Waals surface area contributed by atoms with E-state index in [0.29, 0.717) is 25.9 Å². The predicted molar refractivity (Wildman–Crippen MR) is 49.3 cm³/mol. The zero-order chi connectivity index (χ0) is 9.90. The third-order valence-electron chi connectivity index (χ3n) is 2.35. The van der Waals surface area contributed by atoms with Crippen LogP contribution in [0.4, 0.5) is 0 Å². The molecule has 0 spiro atoms. The molecule has 0 radical (unpaired) electrons. The molecule has 0 saturated carbocycles. The van der Waals surface area contributed by atoms with Gasteiger partial charge < -0.3 is 4.84 Å². The van der Waals surface area contributed by atoms with Crippen LogP contribution in [-0.4, -0.2) is 37.7 Å². The molecule has 1 aliphatic rings. The van der Waals surface area contributed by atoms with Gasteiger partial charge in [-0.15, -0.1) is 0 Å². The number of sulfonamides is 1. The minimum Gasteiger partial charge on any atom is -0.301 e. The summed E-state index contributed by atoms with van der Waals surface area (Å²) in [6, 6.07) is 0. The van der Waals surface area contributed by atoms with Gasteiger partial charge in [-0.1, -0.05) is 0 Å². The molecule has 78 valence electrons. The number of nitrogens with two attached hydrogens (primary N) is 1. The lowest BCUT2D eigenvalue weighted by atomic mass is 10.1. The van der Waals surface area contributed by atoms with E-state index in [-0.39, 0.29) is 11.9 Å². The molecule has 0 bridgehead atoms. The Morgan fingerprint density at radius 2 is 2.00 bits per heavy atom. The van der Waals surface area contributed by atoms with E-state index >= 15 is 0 Å². The van der Waals surface area contributed by atoms with Crippen molar-refractivity contribution in [3.05, 3.63) is 0 Å². The van der Waals surface area contributed by atoms with Crippen molar-refractivity contribution >= 4 is 10.0 Å². The number of rotatable bonds is 3. The summed E-state index contributed by atoms with van der Waals surface area (Å²) >= 11 is 0. The zero-order valence-corrected chi connectivity index (χ0v) is 8.59. The quantitative estimate of drug-likeness (QED) is 0.646. The van der Waals surface area contributed by atoms with Gasteiger partial charge in [0.25, 0.3) is 0 Å². The van der Waals surface area contributed by atoms with Gasteiger partial charge in [0.2, 0.25) is 10.0 Å². The molecule has 0 amide bonds. The van der Waals surface area contributed by atoms with E-state index in [1.807, 2.05) is 0 Å². The first-order valence-corrected chi connectivity index (χ1v) is 6.04. The van der Waals surface area contributed by atoms with Gasteiger partial charge in [0.1, 0.15) is 0 Å². The Kier molecular flexibility index (Phi) is 3.66. The summed E-state index contributed by atoms with van der Waals surface area (Å²) in [6.07, 6.45) is 1.40. The normalized spacial score (nSPS) is 22.0. The van der Waals surface area contributed by atoms with Gasteiger partial charge in [0, 0.05) is 13.1 Å². The van der Waals surface area contributed by atoms with E-state index in [4.69, 9.17) is 5.90 Å². The topological polar surface area (TPSA) is 72.6 Å². The van der Waals surface area contributed by atoms with Crippen molar-refractivity contribution in [1.29, 1.82) is 0 Å². The van der Waals surface area contributed by atoms with Crippen LogP contribution in [0.15, 0.2) is 0 Å². The highest BCUT2D eigenvalue weighted by atomic mass is 32.2. The Labute approximate surface area is 78.9 Å². The molecule has 0 atom stereocenters. The number of nitrogens with zero attached hydrogens (tertiary/aromatic N) is 1. The molecular formula is C7H16N2O3S. The fourth-order valence-corrected chi connectivity index (χ4v) is 2.56. The lowest BCUT2D eigenvalue weighted by molar-refractivity contribution is 0.0205. The molecule has 0 aromatic heterocycles. The number of hydrogen-bond acceptors (Lipinski definition) is 4. The van der Waals surface area contributed by atoms with Crippen LogP contribution >= 0.6 is 0 Å². The first-order chi connectivity index (χ1) is 6.10. The van der Waals surface area contributed by atoms with Crippen molar-refractivity contribution in [3.63, 3.8) is 0 Å². The van der Waals surface area contributed by atoms with Crippen molar-refractivity contribution in [2.75, 3.05) is 18.8 Å². The molecule has 0 aromatic carbocycles. The first kappa shape index (κ1) is 10.9. The Bertz CT molecular complexity index is 244. The Morgan fingerprint density at radius 3 is 2.38 bits per heavy atom. The second-order valence-electron chi connectivity index (χ2n) is 3.14. The van der Waals surface area contributed by atoms with E-state index in [0.717, 1.165) is 0 Å². The molecule has 5 nitrogen and oxygen atoms in total. The summed E-state index contributed by atoms with van der Waals surface area (Å²) in [6.45, 7) is 2.71. The van der Waals surface area contributed by atoms with E-state index in [9.17, 15) is 8.42 Å². The molecular weight excluding hydrogens is 192 g/mol. The van der Waals surface area contributed by atoms with Gasteiger partial charge in [0.05, 0.1) is 11.9 Å². The predicted octanol–water partition coefficient (Wildman–Crippen LogP) is -0.309. The van der Waals surface area contributed by atoms with Crippen LogP contribution in [0, 0.1) is 0 Å². The van der Waals surface area contributed by atoms with Crippen LogP contribution in [0.1, 0.15) is 19.8 Å². The first-order valence-electron chi connectivity index (χ1n) is 4.43. The molecule has 1 fully saturated rings. The van der Waals surface area contributed by atoms with Crippen LogP contribution in [0.3, 0.4) is 0 Å². The minimum atomic E-state index is -3.02. The zero-order valence-electron chi connectivity index (χ0n) is 7.77. The molecule has 0 aliphatic carbocycles. The Morgan fingerprint density at radius 1 is 1.46 bits per heavy atom. The van der Waals surface area contributed by atoms with Gasteiger partial charge in [-0.3, -0.25) is 0 Å². The lowest BCUT2D eigenvalue weighted by Gasteiger charge is -2.29. The highest BCUT2D eigenvalue weighted by Crippen LogP contribution is 2.15. The number of hydrogen-bond donors (Lipinski definition) is 1. The van der Waals surface area contributed by atoms with Crippen molar-refractivity contribution in [2.45, 2.75) is 25.9 Å². The van der Waals surface area contributed by atoms with Gasteiger partial charge >= 0.3 is 0 Å².